The van der Waals surface area contributed by atoms with E-state index in [1.807, 2.05) is 0 Å². The number of methoxy groups -OCH3 is 1. The zero-order chi connectivity index (χ0) is 8.97. The second kappa shape index (κ2) is 4.37. The molecule has 0 fully saturated rings. The van der Waals surface area contributed by atoms with Gasteiger partial charge in [0.2, 0.25) is 5.13 Å². The van der Waals surface area contributed by atoms with Crippen molar-refractivity contribution >= 4 is 16.5 Å². The predicted molar refractivity (Wildman–Crippen MR) is 49.4 cm³/mol. The van der Waals surface area contributed by atoms with Gasteiger partial charge in [-0.2, -0.15) is 0 Å². The molecule has 0 aliphatic heterocycles. The molecule has 68 valence electrons. The van der Waals surface area contributed by atoms with Gasteiger partial charge < -0.3 is 10.1 Å². The highest BCUT2D eigenvalue weighted by atomic mass is 32.1. The predicted octanol–water partition coefficient (Wildman–Crippen LogP) is 1.50. The Morgan fingerprint density at radius 3 is 2.83 bits per heavy atom. The van der Waals surface area contributed by atoms with Crippen molar-refractivity contribution in [2.24, 2.45) is 0 Å². The van der Waals surface area contributed by atoms with Gasteiger partial charge in [-0.25, -0.2) is 0 Å². The summed E-state index contributed by atoms with van der Waals surface area (Å²) in [5.74, 6) is 0. The van der Waals surface area contributed by atoms with Crippen molar-refractivity contribution in [1.29, 1.82) is 0 Å². The van der Waals surface area contributed by atoms with Crippen LogP contribution in [0.4, 0.5) is 5.13 Å². The zero-order valence-electron chi connectivity index (χ0n) is 7.50. The maximum Gasteiger partial charge on any atom is 0.205 e. The standard InChI is InChI=1S/C7H13N3OS/c1-5(2)8-7-10-9-6(12-7)4-11-3/h5H,4H2,1-3H3,(H,8,10). The van der Waals surface area contributed by atoms with E-state index in [0.717, 1.165) is 10.1 Å². The molecule has 5 heteroatoms. The molecule has 0 unspecified atom stereocenters. The highest BCUT2D eigenvalue weighted by Crippen LogP contribution is 2.16. The van der Waals surface area contributed by atoms with Gasteiger partial charge in [0, 0.05) is 13.2 Å². The van der Waals surface area contributed by atoms with E-state index in [1.165, 1.54) is 11.3 Å². The summed E-state index contributed by atoms with van der Waals surface area (Å²) in [5, 5.41) is 12.8. The fourth-order valence-electron chi connectivity index (χ4n) is 0.741. The van der Waals surface area contributed by atoms with Crippen LogP contribution in [0.1, 0.15) is 18.9 Å². The number of hydrogen-bond donors (Lipinski definition) is 1. The quantitative estimate of drug-likeness (QED) is 0.776. The molecule has 0 radical (unpaired) electrons. The lowest BCUT2D eigenvalue weighted by atomic mass is 10.4. The van der Waals surface area contributed by atoms with Crippen molar-refractivity contribution in [1.82, 2.24) is 10.2 Å². The molecule has 0 aliphatic rings. The van der Waals surface area contributed by atoms with Crippen molar-refractivity contribution in [2.75, 3.05) is 12.4 Å². The minimum Gasteiger partial charge on any atom is -0.377 e. The fourth-order valence-corrected chi connectivity index (χ4v) is 1.60. The lowest BCUT2D eigenvalue weighted by Crippen LogP contribution is -2.08. The van der Waals surface area contributed by atoms with Gasteiger partial charge in [0.1, 0.15) is 11.6 Å². The Labute approximate surface area is 76.0 Å². The summed E-state index contributed by atoms with van der Waals surface area (Å²) in [6.07, 6.45) is 0. The first-order valence-electron chi connectivity index (χ1n) is 3.80. The van der Waals surface area contributed by atoms with E-state index in [-0.39, 0.29) is 0 Å². The third-order valence-corrected chi connectivity index (χ3v) is 1.97. The summed E-state index contributed by atoms with van der Waals surface area (Å²) in [6.45, 7) is 4.67. The third kappa shape index (κ3) is 2.75. The number of ether oxygens (including phenoxy) is 1. The molecule has 1 heterocycles. The highest BCUT2D eigenvalue weighted by molar-refractivity contribution is 7.15. The average Bonchev–Trinajstić information content (AvgIpc) is 2.36. The molecular weight excluding hydrogens is 174 g/mol. The molecule has 1 rings (SSSR count). The summed E-state index contributed by atoms with van der Waals surface area (Å²) in [4.78, 5) is 0. The number of rotatable bonds is 4. The molecule has 4 nitrogen and oxygen atoms in total. The number of nitrogens with one attached hydrogen (secondary N) is 1. The van der Waals surface area contributed by atoms with E-state index < -0.39 is 0 Å². The van der Waals surface area contributed by atoms with Gasteiger partial charge >= 0.3 is 0 Å². The number of nitrogens with zero attached hydrogens (tertiary/aromatic N) is 2. The van der Waals surface area contributed by atoms with Crippen LogP contribution in [0.25, 0.3) is 0 Å². The second-order valence-electron chi connectivity index (χ2n) is 2.73. The minimum atomic E-state index is 0.397. The van der Waals surface area contributed by atoms with Gasteiger partial charge in [-0.05, 0) is 13.8 Å². The minimum absolute atomic E-state index is 0.397. The molecule has 1 N–H and O–H groups in total. The van der Waals surface area contributed by atoms with Crippen LogP contribution in [-0.2, 0) is 11.3 Å². The maximum absolute atomic E-state index is 4.93. The molecule has 0 atom stereocenters. The molecule has 0 amide bonds. The molecule has 0 bridgehead atoms. The van der Waals surface area contributed by atoms with E-state index in [0.29, 0.717) is 12.6 Å². The summed E-state index contributed by atoms with van der Waals surface area (Å²) >= 11 is 1.53. The summed E-state index contributed by atoms with van der Waals surface area (Å²) < 4.78 is 4.93. The first kappa shape index (κ1) is 9.41. The van der Waals surface area contributed by atoms with Gasteiger partial charge in [0.25, 0.3) is 0 Å². The Hall–Kier alpha value is -0.680. The van der Waals surface area contributed by atoms with E-state index in [1.54, 1.807) is 7.11 Å². The van der Waals surface area contributed by atoms with Gasteiger partial charge in [0.05, 0.1) is 0 Å². The van der Waals surface area contributed by atoms with Crippen LogP contribution in [0, 0.1) is 0 Å². The molecule has 1 aromatic rings. The molecule has 1 aromatic heterocycles. The third-order valence-electron chi connectivity index (χ3n) is 1.15. The number of anilines is 1. The van der Waals surface area contributed by atoms with Crippen LogP contribution >= 0.6 is 11.3 Å². The lowest BCUT2D eigenvalue weighted by Gasteiger charge is -2.02. The lowest BCUT2D eigenvalue weighted by molar-refractivity contribution is 0.184. The monoisotopic (exact) mass is 187 g/mol. The van der Waals surface area contributed by atoms with Crippen LogP contribution in [0.5, 0.6) is 0 Å². The molecule has 0 aliphatic carbocycles. The van der Waals surface area contributed by atoms with E-state index in [2.05, 4.69) is 29.4 Å². The Morgan fingerprint density at radius 2 is 2.25 bits per heavy atom. The van der Waals surface area contributed by atoms with Crippen molar-refractivity contribution in [3.05, 3.63) is 5.01 Å². The van der Waals surface area contributed by atoms with Crippen molar-refractivity contribution in [3.8, 4) is 0 Å². The number of aromatic nitrogens is 2. The van der Waals surface area contributed by atoms with Gasteiger partial charge in [-0.15, -0.1) is 10.2 Å². The molecule has 0 aromatic carbocycles. The van der Waals surface area contributed by atoms with Crippen molar-refractivity contribution in [2.45, 2.75) is 26.5 Å². The normalized spacial score (nSPS) is 10.7. The van der Waals surface area contributed by atoms with Crippen LogP contribution < -0.4 is 5.32 Å². The topological polar surface area (TPSA) is 47.0 Å². The SMILES string of the molecule is COCc1nnc(NC(C)C)s1. The van der Waals surface area contributed by atoms with Crippen LogP contribution in [-0.4, -0.2) is 23.3 Å². The van der Waals surface area contributed by atoms with Crippen LogP contribution in [0.15, 0.2) is 0 Å². The average molecular weight is 187 g/mol. The first-order valence-corrected chi connectivity index (χ1v) is 4.62. The van der Waals surface area contributed by atoms with E-state index >= 15 is 0 Å². The largest absolute Gasteiger partial charge is 0.377 e. The molecule has 0 saturated heterocycles. The summed E-state index contributed by atoms with van der Waals surface area (Å²) in [7, 11) is 1.65. The molecule has 0 saturated carbocycles. The highest BCUT2D eigenvalue weighted by Gasteiger charge is 2.03. The molecule has 12 heavy (non-hydrogen) atoms. The van der Waals surface area contributed by atoms with Crippen molar-refractivity contribution < 1.29 is 4.74 Å². The number of hydrogen-bond acceptors (Lipinski definition) is 5. The Morgan fingerprint density at radius 1 is 1.50 bits per heavy atom. The second-order valence-corrected chi connectivity index (χ2v) is 3.80. The van der Waals surface area contributed by atoms with Gasteiger partial charge in [-0.3, -0.25) is 0 Å². The Kier molecular flexibility index (Phi) is 3.43. The Balaban J connectivity index is 2.52. The van der Waals surface area contributed by atoms with Crippen LogP contribution in [0.2, 0.25) is 0 Å². The zero-order valence-corrected chi connectivity index (χ0v) is 8.31. The van der Waals surface area contributed by atoms with E-state index in [9.17, 15) is 0 Å². The van der Waals surface area contributed by atoms with Gasteiger partial charge in [0.15, 0.2) is 0 Å². The molecule has 0 spiro atoms. The van der Waals surface area contributed by atoms with E-state index in [4.69, 9.17) is 4.74 Å². The first-order chi connectivity index (χ1) is 5.72. The maximum atomic E-state index is 4.93. The molecular formula is C7H13N3OS. The smallest absolute Gasteiger partial charge is 0.205 e. The fraction of sp³-hybridized carbons (Fsp3) is 0.714. The summed E-state index contributed by atoms with van der Waals surface area (Å²) in [5.41, 5.74) is 0. The van der Waals surface area contributed by atoms with Crippen LogP contribution in [0.3, 0.4) is 0 Å². The summed E-state index contributed by atoms with van der Waals surface area (Å²) in [6, 6.07) is 0.397. The van der Waals surface area contributed by atoms with Gasteiger partial charge in [-0.1, -0.05) is 11.3 Å². The van der Waals surface area contributed by atoms with Crippen molar-refractivity contribution in [3.63, 3.8) is 0 Å². The Bertz CT molecular complexity index is 236.